The van der Waals surface area contributed by atoms with Crippen molar-refractivity contribution < 1.29 is 22.7 Å². The van der Waals surface area contributed by atoms with Gasteiger partial charge in [0.15, 0.2) is 0 Å². The number of aliphatic hydroxyl groups excluding tert-OH is 1. The van der Waals surface area contributed by atoms with E-state index < -0.39 is 16.1 Å². The van der Waals surface area contributed by atoms with Crippen molar-refractivity contribution in [3.8, 4) is 0 Å². The first kappa shape index (κ1) is 20.6. The summed E-state index contributed by atoms with van der Waals surface area (Å²) in [7, 11) is -3.71. The summed E-state index contributed by atoms with van der Waals surface area (Å²) < 4.78 is 33.2. The van der Waals surface area contributed by atoms with Gasteiger partial charge in [0.1, 0.15) is 17.6 Å². The van der Waals surface area contributed by atoms with E-state index in [0.29, 0.717) is 25.3 Å². The monoisotopic (exact) mass is 406 g/mol. The van der Waals surface area contributed by atoms with Crippen molar-refractivity contribution in [3.05, 3.63) is 53.0 Å². The number of aliphatic hydroxyl groups is 1. The number of amides is 1. The molecule has 2 aromatic rings. The Kier molecular flexibility index (Phi) is 5.92. The van der Waals surface area contributed by atoms with E-state index in [1.54, 1.807) is 56.0 Å². The van der Waals surface area contributed by atoms with E-state index in [1.807, 2.05) is 0 Å². The number of hydrogen-bond donors (Lipinski definition) is 2. The van der Waals surface area contributed by atoms with Gasteiger partial charge in [-0.3, -0.25) is 4.79 Å². The number of hydrogen-bond acceptors (Lipinski definition) is 5. The molecule has 0 radical (unpaired) electrons. The standard InChI is InChI=1S/C20H26N2O5S/c1-13(2)19(23)20(24)22-9-8-15-5-7-18(10-16(15)12-22)28(25,26)21-11-17-6-4-14(3)27-17/h4-7,10,13,19,21,23H,8-9,11-12H2,1-3H3. The summed E-state index contributed by atoms with van der Waals surface area (Å²) >= 11 is 0. The van der Waals surface area contributed by atoms with Crippen molar-refractivity contribution in [1.82, 2.24) is 9.62 Å². The quantitative estimate of drug-likeness (QED) is 0.764. The molecule has 152 valence electrons. The van der Waals surface area contributed by atoms with Gasteiger partial charge in [0.05, 0.1) is 11.4 Å². The summed E-state index contributed by atoms with van der Waals surface area (Å²) in [6, 6.07) is 8.48. The number of rotatable bonds is 6. The molecule has 8 heteroatoms. The Hall–Kier alpha value is -2.16. The first-order valence-corrected chi connectivity index (χ1v) is 10.8. The number of benzene rings is 1. The molecule has 2 heterocycles. The van der Waals surface area contributed by atoms with Crippen LogP contribution in [0.2, 0.25) is 0 Å². The summed E-state index contributed by atoms with van der Waals surface area (Å²) in [5, 5.41) is 10.1. The molecule has 0 spiro atoms. The molecule has 28 heavy (non-hydrogen) atoms. The molecule has 7 nitrogen and oxygen atoms in total. The van der Waals surface area contributed by atoms with Crippen molar-refractivity contribution >= 4 is 15.9 Å². The van der Waals surface area contributed by atoms with Gasteiger partial charge in [-0.2, -0.15) is 0 Å². The largest absolute Gasteiger partial charge is 0.465 e. The van der Waals surface area contributed by atoms with Crippen molar-refractivity contribution in [2.45, 2.75) is 51.3 Å². The summed E-state index contributed by atoms with van der Waals surface area (Å²) in [5.74, 6) is 0.769. The van der Waals surface area contributed by atoms with Crippen LogP contribution in [0.1, 0.15) is 36.5 Å². The average Bonchev–Trinajstić information content (AvgIpc) is 3.09. The van der Waals surface area contributed by atoms with Gasteiger partial charge in [-0.1, -0.05) is 19.9 Å². The Morgan fingerprint density at radius 2 is 2.00 bits per heavy atom. The number of nitrogens with zero attached hydrogens (tertiary/aromatic N) is 1. The summed E-state index contributed by atoms with van der Waals surface area (Å²) in [4.78, 5) is 14.2. The number of fused-ring (bicyclic) bond motifs is 1. The Bertz CT molecular complexity index is 965. The zero-order chi connectivity index (χ0) is 20.5. The van der Waals surface area contributed by atoms with E-state index in [1.165, 1.54) is 0 Å². The zero-order valence-electron chi connectivity index (χ0n) is 16.3. The number of carbonyl (C=O) groups is 1. The second kappa shape index (κ2) is 8.06. The van der Waals surface area contributed by atoms with Crippen molar-refractivity contribution in [2.75, 3.05) is 6.54 Å². The molecule has 0 aliphatic carbocycles. The van der Waals surface area contributed by atoms with Gasteiger partial charge in [-0.15, -0.1) is 0 Å². The van der Waals surface area contributed by atoms with Gasteiger partial charge in [-0.25, -0.2) is 13.1 Å². The molecule has 1 aliphatic heterocycles. The fourth-order valence-corrected chi connectivity index (χ4v) is 4.23. The highest BCUT2D eigenvalue weighted by Gasteiger charge is 2.28. The van der Waals surface area contributed by atoms with Crippen LogP contribution in [0, 0.1) is 12.8 Å². The van der Waals surface area contributed by atoms with Crippen LogP contribution in [-0.2, 0) is 34.3 Å². The molecule has 1 aliphatic rings. The molecule has 1 unspecified atom stereocenters. The molecule has 3 rings (SSSR count). The fourth-order valence-electron chi connectivity index (χ4n) is 3.19. The number of aryl methyl sites for hydroxylation is 1. The highest BCUT2D eigenvalue weighted by Crippen LogP contribution is 2.24. The van der Waals surface area contributed by atoms with Crippen LogP contribution in [0.3, 0.4) is 0 Å². The Balaban J connectivity index is 1.75. The van der Waals surface area contributed by atoms with Crippen LogP contribution in [0.5, 0.6) is 0 Å². The van der Waals surface area contributed by atoms with Crippen LogP contribution in [-0.4, -0.2) is 37.0 Å². The lowest BCUT2D eigenvalue weighted by atomic mass is 9.98. The number of furan rings is 1. The van der Waals surface area contributed by atoms with E-state index in [9.17, 15) is 18.3 Å². The molecule has 1 amide bonds. The van der Waals surface area contributed by atoms with E-state index in [2.05, 4.69) is 4.72 Å². The summed E-state index contributed by atoms with van der Waals surface area (Å²) in [5.41, 5.74) is 1.80. The minimum atomic E-state index is -3.71. The van der Waals surface area contributed by atoms with Crippen LogP contribution >= 0.6 is 0 Å². The predicted molar refractivity (Wildman–Crippen MR) is 104 cm³/mol. The van der Waals surface area contributed by atoms with E-state index in [0.717, 1.165) is 16.9 Å². The van der Waals surface area contributed by atoms with Crippen LogP contribution in [0.4, 0.5) is 0 Å². The maximum atomic E-state index is 12.6. The molecular weight excluding hydrogens is 380 g/mol. The lowest BCUT2D eigenvalue weighted by Crippen LogP contribution is -2.44. The zero-order valence-corrected chi connectivity index (χ0v) is 17.1. The molecule has 1 aromatic heterocycles. The molecule has 1 aromatic carbocycles. The molecule has 0 bridgehead atoms. The Labute approximate surface area is 165 Å². The highest BCUT2D eigenvalue weighted by molar-refractivity contribution is 7.89. The Morgan fingerprint density at radius 3 is 2.64 bits per heavy atom. The van der Waals surface area contributed by atoms with Crippen LogP contribution in [0.15, 0.2) is 39.6 Å². The minimum Gasteiger partial charge on any atom is -0.465 e. The fraction of sp³-hybridized carbons (Fsp3) is 0.450. The van der Waals surface area contributed by atoms with Gasteiger partial charge < -0.3 is 14.4 Å². The molecule has 0 saturated carbocycles. The van der Waals surface area contributed by atoms with Crippen LogP contribution < -0.4 is 4.72 Å². The molecule has 1 atom stereocenters. The van der Waals surface area contributed by atoms with Crippen molar-refractivity contribution in [2.24, 2.45) is 5.92 Å². The lowest BCUT2D eigenvalue weighted by Gasteiger charge is -2.31. The molecule has 0 fully saturated rings. The smallest absolute Gasteiger partial charge is 0.251 e. The maximum Gasteiger partial charge on any atom is 0.251 e. The number of sulfonamides is 1. The number of nitrogens with one attached hydrogen (secondary N) is 1. The van der Waals surface area contributed by atoms with Gasteiger partial charge in [0.2, 0.25) is 10.0 Å². The third kappa shape index (κ3) is 4.45. The highest BCUT2D eigenvalue weighted by atomic mass is 32.2. The third-order valence-electron chi connectivity index (χ3n) is 4.93. The van der Waals surface area contributed by atoms with E-state index >= 15 is 0 Å². The summed E-state index contributed by atoms with van der Waals surface area (Å²) in [6.45, 7) is 6.24. The number of carbonyl (C=O) groups excluding carboxylic acids is 1. The van der Waals surface area contributed by atoms with Gasteiger partial charge in [-0.05, 0) is 54.7 Å². The normalized spacial score (nSPS) is 15.5. The topological polar surface area (TPSA) is 99.9 Å². The van der Waals surface area contributed by atoms with Crippen molar-refractivity contribution in [3.63, 3.8) is 0 Å². The SMILES string of the molecule is Cc1ccc(CNS(=O)(=O)c2ccc3c(c2)CN(C(=O)C(O)C(C)C)CC3)o1. The second-order valence-electron chi connectivity index (χ2n) is 7.47. The maximum absolute atomic E-state index is 12.6. The average molecular weight is 407 g/mol. The van der Waals surface area contributed by atoms with Crippen molar-refractivity contribution in [1.29, 1.82) is 0 Å². The Morgan fingerprint density at radius 1 is 1.25 bits per heavy atom. The summed E-state index contributed by atoms with van der Waals surface area (Å²) in [6.07, 6.45) is -0.419. The first-order valence-electron chi connectivity index (χ1n) is 9.31. The predicted octanol–water partition coefficient (Wildman–Crippen LogP) is 1.97. The van der Waals surface area contributed by atoms with Gasteiger partial charge in [0, 0.05) is 13.1 Å². The van der Waals surface area contributed by atoms with Gasteiger partial charge in [0.25, 0.3) is 5.91 Å². The molecular formula is C20H26N2O5S. The first-order chi connectivity index (χ1) is 13.2. The third-order valence-corrected chi connectivity index (χ3v) is 6.33. The van der Waals surface area contributed by atoms with Crippen LogP contribution in [0.25, 0.3) is 0 Å². The molecule has 2 N–H and O–H groups in total. The molecule has 0 saturated heterocycles. The van der Waals surface area contributed by atoms with E-state index in [4.69, 9.17) is 4.42 Å². The van der Waals surface area contributed by atoms with Gasteiger partial charge >= 0.3 is 0 Å². The minimum absolute atomic E-state index is 0.0679. The second-order valence-corrected chi connectivity index (χ2v) is 9.23. The van der Waals surface area contributed by atoms with E-state index in [-0.39, 0.29) is 23.3 Å². The lowest BCUT2D eigenvalue weighted by molar-refractivity contribution is -0.143.